The van der Waals surface area contributed by atoms with Crippen molar-refractivity contribution in [3.05, 3.63) is 51.4 Å². The van der Waals surface area contributed by atoms with Crippen LogP contribution in [0.2, 0.25) is 5.15 Å². The number of aldehydes is 1. The Kier molecular flexibility index (Phi) is 2.43. The topological polar surface area (TPSA) is 54.9 Å². The number of rotatable bonds is 2. The molecule has 0 bridgehead atoms. The van der Waals surface area contributed by atoms with Gasteiger partial charge in [0.15, 0.2) is 6.29 Å². The number of aromatic amines is 1. The van der Waals surface area contributed by atoms with Gasteiger partial charge in [-0.25, -0.2) is 4.68 Å². The molecule has 0 amide bonds. The number of H-pyrrole nitrogens is 1. The molecule has 1 N–H and O–H groups in total. The van der Waals surface area contributed by atoms with Crippen molar-refractivity contribution in [3.63, 3.8) is 0 Å². The van der Waals surface area contributed by atoms with E-state index in [0.29, 0.717) is 12.0 Å². The second-order valence-electron chi connectivity index (χ2n) is 2.93. The van der Waals surface area contributed by atoms with Gasteiger partial charge in [0.1, 0.15) is 10.7 Å². The van der Waals surface area contributed by atoms with E-state index in [9.17, 15) is 9.59 Å². The average molecular weight is 223 g/mol. The Morgan fingerprint density at radius 3 is 2.47 bits per heavy atom. The van der Waals surface area contributed by atoms with Gasteiger partial charge in [-0.15, -0.1) is 0 Å². The minimum Gasteiger partial charge on any atom is -0.298 e. The van der Waals surface area contributed by atoms with Gasteiger partial charge in [0.05, 0.1) is 5.69 Å². The van der Waals surface area contributed by atoms with E-state index in [0.717, 1.165) is 0 Å². The number of hydrogen-bond donors (Lipinski definition) is 1. The lowest BCUT2D eigenvalue weighted by atomic mass is 10.3. The van der Waals surface area contributed by atoms with Crippen molar-refractivity contribution < 1.29 is 4.79 Å². The van der Waals surface area contributed by atoms with Gasteiger partial charge in [-0.1, -0.05) is 29.8 Å². The molecule has 0 unspecified atom stereocenters. The number of benzene rings is 1. The third-order valence-electron chi connectivity index (χ3n) is 2.01. The van der Waals surface area contributed by atoms with Crippen LogP contribution in [0.1, 0.15) is 10.4 Å². The fraction of sp³-hybridized carbons (Fsp3) is 0. The summed E-state index contributed by atoms with van der Waals surface area (Å²) in [7, 11) is 0. The fourth-order valence-electron chi connectivity index (χ4n) is 1.28. The molecule has 1 aromatic heterocycles. The van der Waals surface area contributed by atoms with Crippen LogP contribution >= 0.6 is 11.6 Å². The molecule has 0 atom stereocenters. The third-order valence-corrected chi connectivity index (χ3v) is 2.38. The summed E-state index contributed by atoms with van der Waals surface area (Å²) >= 11 is 5.86. The summed E-state index contributed by atoms with van der Waals surface area (Å²) in [5.41, 5.74) is 0.159. The summed E-state index contributed by atoms with van der Waals surface area (Å²) in [6, 6.07) is 9.02. The number of carbonyl (C=O) groups is 1. The van der Waals surface area contributed by atoms with Gasteiger partial charge in [0.25, 0.3) is 5.56 Å². The SMILES string of the molecule is O=Cc1c(Cl)n(-c2ccccc2)[nH]c1=O. The zero-order chi connectivity index (χ0) is 10.8. The molecule has 0 aliphatic carbocycles. The maximum absolute atomic E-state index is 11.3. The molecule has 0 aliphatic rings. The first-order chi connectivity index (χ1) is 7.24. The second-order valence-corrected chi connectivity index (χ2v) is 3.29. The lowest BCUT2D eigenvalue weighted by molar-refractivity contribution is 0.112. The lowest BCUT2D eigenvalue weighted by Crippen LogP contribution is -2.06. The summed E-state index contributed by atoms with van der Waals surface area (Å²) in [6.07, 6.45) is 0.445. The van der Waals surface area contributed by atoms with E-state index in [1.54, 1.807) is 12.1 Å². The van der Waals surface area contributed by atoms with E-state index in [-0.39, 0.29) is 10.7 Å². The number of para-hydroxylation sites is 1. The van der Waals surface area contributed by atoms with E-state index in [4.69, 9.17) is 11.6 Å². The van der Waals surface area contributed by atoms with E-state index < -0.39 is 5.56 Å². The molecule has 0 saturated carbocycles. The zero-order valence-corrected chi connectivity index (χ0v) is 8.36. The molecule has 0 fully saturated rings. The van der Waals surface area contributed by atoms with Crippen LogP contribution in [0.15, 0.2) is 35.1 Å². The number of carbonyl (C=O) groups excluding carboxylic acids is 1. The van der Waals surface area contributed by atoms with Crippen molar-refractivity contribution in [2.45, 2.75) is 0 Å². The van der Waals surface area contributed by atoms with Crippen LogP contribution in [0.25, 0.3) is 5.69 Å². The first-order valence-corrected chi connectivity index (χ1v) is 4.63. The fourth-order valence-corrected chi connectivity index (χ4v) is 1.55. The Morgan fingerprint density at radius 1 is 1.27 bits per heavy atom. The molecule has 1 heterocycles. The van der Waals surface area contributed by atoms with Gasteiger partial charge in [0.2, 0.25) is 0 Å². The van der Waals surface area contributed by atoms with Gasteiger partial charge >= 0.3 is 0 Å². The number of hydrogen-bond acceptors (Lipinski definition) is 2. The van der Waals surface area contributed by atoms with Crippen molar-refractivity contribution in [1.29, 1.82) is 0 Å². The molecule has 0 spiro atoms. The first-order valence-electron chi connectivity index (χ1n) is 4.25. The van der Waals surface area contributed by atoms with E-state index in [2.05, 4.69) is 5.10 Å². The van der Waals surface area contributed by atoms with Crippen molar-refractivity contribution in [3.8, 4) is 5.69 Å². The molecule has 15 heavy (non-hydrogen) atoms. The minimum absolute atomic E-state index is 0.0551. The van der Waals surface area contributed by atoms with Crippen molar-refractivity contribution in [1.82, 2.24) is 9.78 Å². The van der Waals surface area contributed by atoms with Crippen molar-refractivity contribution >= 4 is 17.9 Å². The van der Waals surface area contributed by atoms with Gasteiger partial charge in [-0.05, 0) is 12.1 Å². The Balaban J connectivity index is 2.65. The van der Waals surface area contributed by atoms with E-state index in [1.807, 2.05) is 18.2 Å². The Morgan fingerprint density at radius 2 is 1.93 bits per heavy atom. The van der Waals surface area contributed by atoms with Crippen LogP contribution < -0.4 is 5.56 Å². The smallest absolute Gasteiger partial charge is 0.276 e. The van der Waals surface area contributed by atoms with Gasteiger partial charge < -0.3 is 0 Å². The number of nitrogens with one attached hydrogen (secondary N) is 1. The quantitative estimate of drug-likeness (QED) is 0.786. The molecule has 0 aliphatic heterocycles. The lowest BCUT2D eigenvalue weighted by Gasteiger charge is -2.02. The highest BCUT2D eigenvalue weighted by Gasteiger charge is 2.12. The highest BCUT2D eigenvalue weighted by atomic mass is 35.5. The number of aromatic nitrogens is 2. The highest BCUT2D eigenvalue weighted by Crippen LogP contribution is 2.15. The molecule has 0 radical (unpaired) electrons. The van der Waals surface area contributed by atoms with E-state index >= 15 is 0 Å². The molecule has 4 nitrogen and oxygen atoms in total. The van der Waals surface area contributed by atoms with Crippen LogP contribution in [-0.4, -0.2) is 16.1 Å². The van der Waals surface area contributed by atoms with E-state index in [1.165, 1.54) is 4.68 Å². The Labute approximate surface area is 90.1 Å². The highest BCUT2D eigenvalue weighted by molar-refractivity contribution is 6.32. The predicted molar refractivity (Wildman–Crippen MR) is 56.8 cm³/mol. The van der Waals surface area contributed by atoms with Gasteiger partial charge in [-0.2, -0.15) is 0 Å². The molecule has 0 saturated heterocycles. The first kappa shape index (κ1) is 9.73. The second kappa shape index (κ2) is 3.74. The summed E-state index contributed by atoms with van der Waals surface area (Å²) in [6.45, 7) is 0. The molecule has 2 rings (SSSR count). The molecular formula is C10H7ClN2O2. The molecule has 5 heteroatoms. The van der Waals surface area contributed by atoms with Crippen LogP contribution in [0.5, 0.6) is 0 Å². The Bertz CT molecular complexity index is 542. The zero-order valence-electron chi connectivity index (χ0n) is 7.61. The van der Waals surface area contributed by atoms with Crippen LogP contribution in [0, 0.1) is 0 Å². The predicted octanol–water partition coefficient (Wildman–Crippen LogP) is 1.63. The molecule has 1 aromatic carbocycles. The third kappa shape index (κ3) is 1.59. The standard InChI is InChI=1S/C10H7ClN2O2/c11-9-8(6-14)10(15)12-13(9)7-4-2-1-3-5-7/h1-6H,(H,12,15). The largest absolute Gasteiger partial charge is 0.298 e. The normalized spacial score (nSPS) is 10.2. The summed E-state index contributed by atoms with van der Waals surface area (Å²) in [5, 5.41) is 2.58. The Hall–Kier alpha value is -1.81. The summed E-state index contributed by atoms with van der Waals surface area (Å²) in [4.78, 5) is 21.8. The molecular weight excluding hydrogens is 216 g/mol. The van der Waals surface area contributed by atoms with Crippen LogP contribution in [-0.2, 0) is 0 Å². The number of nitrogens with zero attached hydrogens (tertiary/aromatic N) is 1. The summed E-state index contributed by atoms with van der Waals surface area (Å²) in [5.74, 6) is 0. The summed E-state index contributed by atoms with van der Waals surface area (Å²) < 4.78 is 1.37. The maximum atomic E-state index is 11.3. The molecule has 76 valence electrons. The van der Waals surface area contributed by atoms with Gasteiger partial charge in [0, 0.05) is 0 Å². The average Bonchev–Trinajstić information content (AvgIpc) is 2.55. The van der Waals surface area contributed by atoms with Crippen molar-refractivity contribution in [2.24, 2.45) is 0 Å². The van der Waals surface area contributed by atoms with Gasteiger partial charge in [-0.3, -0.25) is 14.7 Å². The molecule has 2 aromatic rings. The monoisotopic (exact) mass is 222 g/mol. The van der Waals surface area contributed by atoms with Crippen LogP contribution in [0.4, 0.5) is 0 Å². The van der Waals surface area contributed by atoms with Crippen LogP contribution in [0.3, 0.4) is 0 Å². The minimum atomic E-state index is -0.487. The maximum Gasteiger partial charge on any atom is 0.276 e. The number of halogens is 1. The van der Waals surface area contributed by atoms with Crippen molar-refractivity contribution in [2.75, 3.05) is 0 Å².